The highest BCUT2D eigenvalue weighted by molar-refractivity contribution is 7.15. The SMILES string of the molecule is C[C@@H](c1ccccc1)c1cnc(Nc2ccccn2)s1. The number of nitrogens with zero attached hydrogens (tertiary/aromatic N) is 2. The van der Waals surface area contributed by atoms with Crippen LogP contribution in [0.3, 0.4) is 0 Å². The largest absolute Gasteiger partial charge is 0.316 e. The highest BCUT2D eigenvalue weighted by atomic mass is 32.1. The third kappa shape index (κ3) is 2.86. The van der Waals surface area contributed by atoms with E-state index in [9.17, 15) is 0 Å². The Bertz CT molecular complexity index is 664. The zero-order valence-corrected chi connectivity index (χ0v) is 12.0. The molecule has 2 heterocycles. The van der Waals surface area contributed by atoms with E-state index in [1.807, 2.05) is 30.5 Å². The fraction of sp³-hybridized carbons (Fsp3) is 0.125. The lowest BCUT2D eigenvalue weighted by molar-refractivity contribution is 0.942. The Kier molecular flexibility index (Phi) is 3.74. The van der Waals surface area contributed by atoms with Gasteiger partial charge in [-0.15, -0.1) is 11.3 Å². The molecule has 0 unspecified atom stereocenters. The molecule has 20 heavy (non-hydrogen) atoms. The Morgan fingerprint density at radius 1 is 1.00 bits per heavy atom. The first-order chi connectivity index (χ1) is 9.83. The maximum absolute atomic E-state index is 4.43. The molecule has 1 N–H and O–H groups in total. The predicted molar refractivity (Wildman–Crippen MR) is 83.6 cm³/mol. The summed E-state index contributed by atoms with van der Waals surface area (Å²) >= 11 is 1.67. The maximum atomic E-state index is 4.43. The van der Waals surface area contributed by atoms with Crippen LogP contribution < -0.4 is 5.32 Å². The Labute approximate surface area is 122 Å². The van der Waals surface area contributed by atoms with Crippen molar-refractivity contribution in [2.45, 2.75) is 12.8 Å². The quantitative estimate of drug-likeness (QED) is 0.768. The van der Waals surface area contributed by atoms with E-state index in [2.05, 4.69) is 46.5 Å². The summed E-state index contributed by atoms with van der Waals surface area (Å²) in [6, 6.07) is 16.3. The number of rotatable bonds is 4. The molecule has 0 aliphatic heterocycles. The minimum absolute atomic E-state index is 0.355. The molecule has 1 atom stereocenters. The summed E-state index contributed by atoms with van der Waals surface area (Å²) in [6.07, 6.45) is 3.71. The van der Waals surface area contributed by atoms with Crippen molar-refractivity contribution in [2.75, 3.05) is 5.32 Å². The van der Waals surface area contributed by atoms with Crippen molar-refractivity contribution in [1.29, 1.82) is 0 Å². The second-order valence-electron chi connectivity index (χ2n) is 4.54. The maximum Gasteiger partial charge on any atom is 0.188 e. The number of benzene rings is 1. The summed E-state index contributed by atoms with van der Waals surface area (Å²) in [5.41, 5.74) is 1.31. The summed E-state index contributed by atoms with van der Waals surface area (Å²) in [5, 5.41) is 4.10. The first-order valence-electron chi connectivity index (χ1n) is 6.51. The van der Waals surface area contributed by atoms with Crippen LogP contribution in [0.5, 0.6) is 0 Å². The number of anilines is 2. The van der Waals surface area contributed by atoms with E-state index < -0.39 is 0 Å². The lowest BCUT2D eigenvalue weighted by Crippen LogP contribution is -1.92. The van der Waals surface area contributed by atoms with Gasteiger partial charge in [0.1, 0.15) is 5.82 Å². The van der Waals surface area contributed by atoms with E-state index in [1.165, 1.54) is 10.4 Å². The fourth-order valence-corrected chi connectivity index (χ4v) is 2.90. The third-order valence-corrected chi connectivity index (χ3v) is 4.25. The Morgan fingerprint density at radius 3 is 2.55 bits per heavy atom. The first-order valence-corrected chi connectivity index (χ1v) is 7.33. The normalized spacial score (nSPS) is 12.1. The molecule has 0 saturated heterocycles. The molecule has 0 saturated carbocycles. The number of hydrogen-bond donors (Lipinski definition) is 1. The van der Waals surface area contributed by atoms with Gasteiger partial charge in [-0.1, -0.05) is 43.3 Å². The molecule has 0 aliphatic rings. The van der Waals surface area contributed by atoms with Gasteiger partial charge in [-0.05, 0) is 17.7 Å². The summed E-state index contributed by atoms with van der Waals surface area (Å²) < 4.78 is 0. The van der Waals surface area contributed by atoms with Gasteiger partial charge in [-0.2, -0.15) is 0 Å². The van der Waals surface area contributed by atoms with Gasteiger partial charge < -0.3 is 5.32 Å². The van der Waals surface area contributed by atoms with Crippen LogP contribution in [0.4, 0.5) is 10.9 Å². The lowest BCUT2D eigenvalue weighted by atomic mass is 10.0. The van der Waals surface area contributed by atoms with Gasteiger partial charge in [0.15, 0.2) is 5.13 Å². The second-order valence-corrected chi connectivity index (χ2v) is 5.60. The number of hydrogen-bond acceptors (Lipinski definition) is 4. The molecular formula is C16H15N3S. The molecule has 0 bridgehead atoms. The van der Waals surface area contributed by atoms with E-state index >= 15 is 0 Å². The summed E-state index contributed by atoms with van der Waals surface area (Å²) in [5.74, 6) is 1.17. The predicted octanol–water partition coefficient (Wildman–Crippen LogP) is 4.43. The van der Waals surface area contributed by atoms with Gasteiger partial charge >= 0.3 is 0 Å². The standard InChI is InChI=1S/C16H15N3S/c1-12(13-7-3-2-4-8-13)14-11-18-16(20-14)19-15-9-5-6-10-17-15/h2-12H,1H3,(H,17,18,19)/t12-/m0/s1. The molecular weight excluding hydrogens is 266 g/mol. The minimum atomic E-state index is 0.355. The number of aromatic nitrogens is 2. The average molecular weight is 281 g/mol. The fourth-order valence-electron chi connectivity index (χ4n) is 2.00. The van der Waals surface area contributed by atoms with E-state index in [0.717, 1.165) is 10.9 Å². The van der Waals surface area contributed by atoms with Crippen LogP contribution in [0.1, 0.15) is 23.3 Å². The van der Waals surface area contributed by atoms with Crippen LogP contribution in [0.15, 0.2) is 60.9 Å². The zero-order valence-electron chi connectivity index (χ0n) is 11.2. The summed E-state index contributed by atoms with van der Waals surface area (Å²) in [4.78, 5) is 9.91. The van der Waals surface area contributed by atoms with Gasteiger partial charge in [-0.25, -0.2) is 9.97 Å². The molecule has 1 aromatic carbocycles. The molecule has 3 aromatic rings. The van der Waals surface area contributed by atoms with Gasteiger partial charge in [0.2, 0.25) is 0 Å². The Morgan fingerprint density at radius 2 is 1.80 bits per heavy atom. The summed E-state index contributed by atoms with van der Waals surface area (Å²) in [7, 11) is 0. The molecule has 4 heteroatoms. The Hall–Kier alpha value is -2.20. The molecule has 100 valence electrons. The lowest BCUT2D eigenvalue weighted by Gasteiger charge is -2.08. The van der Waals surface area contributed by atoms with Crippen LogP contribution in [-0.4, -0.2) is 9.97 Å². The van der Waals surface area contributed by atoms with Crippen molar-refractivity contribution in [3.8, 4) is 0 Å². The number of pyridine rings is 1. The van der Waals surface area contributed by atoms with Crippen molar-refractivity contribution >= 4 is 22.3 Å². The highest BCUT2D eigenvalue weighted by Crippen LogP contribution is 2.31. The molecule has 0 radical (unpaired) electrons. The van der Waals surface area contributed by atoms with Crippen LogP contribution in [0, 0.1) is 0 Å². The van der Waals surface area contributed by atoms with Crippen molar-refractivity contribution in [1.82, 2.24) is 9.97 Å². The summed E-state index contributed by atoms with van der Waals surface area (Å²) in [6.45, 7) is 2.20. The minimum Gasteiger partial charge on any atom is -0.316 e. The van der Waals surface area contributed by atoms with E-state index in [-0.39, 0.29) is 0 Å². The molecule has 2 aromatic heterocycles. The highest BCUT2D eigenvalue weighted by Gasteiger charge is 2.12. The van der Waals surface area contributed by atoms with E-state index in [1.54, 1.807) is 17.5 Å². The van der Waals surface area contributed by atoms with Crippen LogP contribution in [0.2, 0.25) is 0 Å². The number of thiazole rings is 1. The number of nitrogens with one attached hydrogen (secondary N) is 1. The van der Waals surface area contributed by atoms with Crippen molar-refractivity contribution < 1.29 is 0 Å². The van der Waals surface area contributed by atoms with Crippen LogP contribution >= 0.6 is 11.3 Å². The van der Waals surface area contributed by atoms with E-state index in [0.29, 0.717) is 5.92 Å². The van der Waals surface area contributed by atoms with Crippen LogP contribution in [0.25, 0.3) is 0 Å². The van der Waals surface area contributed by atoms with Gasteiger partial charge in [0.25, 0.3) is 0 Å². The average Bonchev–Trinajstić information content (AvgIpc) is 2.97. The van der Waals surface area contributed by atoms with E-state index in [4.69, 9.17) is 0 Å². The van der Waals surface area contributed by atoms with Crippen molar-refractivity contribution in [3.63, 3.8) is 0 Å². The van der Waals surface area contributed by atoms with Crippen LogP contribution in [-0.2, 0) is 0 Å². The van der Waals surface area contributed by atoms with Gasteiger partial charge in [-0.3, -0.25) is 0 Å². The first kappa shape index (κ1) is 12.8. The van der Waals surface area contributed by atoms with Gasteiger partial charge in [0, 0.05) is 23.2 Å². The molecule has 0 amide bonds. The third-order valence-electron chi connectivity index (χ3n) is 3.15. The van der Waals surface area contributed by atoms with Crippen molar-refractivity contribution in [2.24, 2.45) is 0 Å². The molecule has 0 aliphatic carbocycles. The topological polar surface area (TPSA) is 37.8 Å². The molecule has 0 fully saturated rings. The Balaban J connectivity index is 1.77. The second kappa shape index (κ2) is 5.84. The van der Waals surface area contributed by atoms with Crippen molar-refractivity contribution in [3.05, 3.63) is 71.4 Å². The van der Waals surface area contributed by atoms with Gasteiger partial charge in [0.05, 0.1) is 0 Å². The smallest absolute Gasteiger partial charge is 0.188 e. The monoisotopic (exact) mass is 281 g/mol. The molecule has 3 rings (SSSR count). The zero-order chi connectivity index (χ0) is 13.8. The molecule has 0 spiro atoms. The molecule has 3 nitrogen and oxygen atoms in total.